The lowest BCUT2D eigenvalue weighted by Gasteiger charge is -2.03. The van der Waals surface area contributed by atoms with Crippen LogP contribution in [-0.4, -0.2) is 24.6 Å². The summed E-state index contributed by atoms with van der Waals surface area (Å²) in [5, 5.41) is 8.45. The molecule has 0 spiro atoms. The molecule has 0 aliphatic carbocycles. The van der Waals surface area contributed by atoms with Crippen molar-refractivity contribution < 1.29 is 4.74 Å². The van der Waals surface area contributed by atoms with Crippen LogP contribution in [0.3, 0.4) is 0 Å². The zero-order chi connectivity index (χ0) is 17.1. The number of fused-ring (bicyclic) bond motifs is 1. The van der Waals surface area contributed by atoms with Crippen molar-refractivity contribution in [2.24, 2.45) is 0 Å². The molecule has 8 heteroatoms. The van der Waals surface area contributed by atoms with Crippen LogP contribution in [0.25, 0.3) is 5.65 Å². The fourth-order valence-corrected chi connectivity index (χ4v) is 3.11. The predicted molar refractivity (Wildman–Crippen MR) is 96.9 cm³/mol. The maximum absolute atomic E-state index is 5.85. The van der Waals surface area contributed by atoms with Gasteiger partial charge in [-0.1, -0.05) is 29.4 Å². The zero-order valence-corrected chi connectivity index (χ0v) is 14.7. The van der Waals surface area contributed by atoms with E-state index in [-0.39, 0.29) is 0 Å². The fraction of sp³-hybridized carbons (Fsp3) is 0.118. The molecule has 25 heavy (non-hydrogen) atoms. The number of pyridine rings is 1. The lowest BCUT2D eigenvalue weighted by molar-refractivity contribution is 0.296. The van der Waals surface area contributed by atoms with Crippen LogP contribution in [0.15, 0.2) is 60.0 Å². The Morgan fingerprint density at radius 3 is 2.84 bits per heavy atom. The number of aromatic amines is 1. The molecule has 0 radical (unpaired) electrons. The first-order valence-corrected chi connectivity index (χ1v) is 8.98. The summed E-state index contributed by atoms with van der Waals surface area (Å²) in [5.74, 6) is 2.11. The molecule has 0 aliphatic heterocycles. The minimum absolute atomic E-state index is 0.323. The van der Waals surface area contributed by atoms with Crippen LogP contribution in [0.2, 0.25) is 5.02 Å². The van der Waals surface area contributed by atoms with Gasteiger partial charge in [-0.2, -0.15) is 0 Å². The van der Waals surface area contributed by atoms with Gasteiger partial charge in [-0.3, -0.25) is 5.10 Å². The first-order valence-electron chi connectivity index (χ1n) is 7.61. The molecule has 1 N–H and O–H groups in total. The topological polar surface area (TPSA) is 68.1 Å². The van der Waals surface area contributed by atoms with Crippen molar-refractivity contribution in [3.05, 3.63) is 71.4 Å². The second-order valence-corrected chi connectivity index (χ2v) is 6.67. The van der Waals surface area contributed by atoms with Crippen LogP contribution < -0.4 is 4.74 Å². The van der Waals surface area contributed by atoms with E-state index in [4.69, 9.17) is 16.3 Å². The number of benzene rings is 1. The largest absolute Gasteiger partial charge is 0.486 e. The molecule has 0 unspecified atom stereocenters. The van der Waals surface area contributed by atoms with Crippen LogP contribution in [-0.2, 0) is 12.4 Å². The summed E-state index contributed by atoms with van der Waals surface area (Å²) in [7, 11) is 0. The van der Waals surface area contributed by atoms with Gasteiger partial charge in [0.25, 0.3) is 0 Å². The van der Waals surface area contributed by atoms with Gasteiger partial charge in [0.2, 0.25) is 5.16 Å². The van der Waals surface area contributed by atoms with Crippen LogP contribution in [0.1, 0.15) is 11.5 Å². The third-order valence-electron chi connectivity index (χ3n) is 3.46. The van der Waals surface area contributed by atoms with Crippen molar-refractivity contribution in [1.82, 2.24) is 24.6 Å². The number of ether oxygens (including phenoxy) is 1. The van der Waals surface area contributed by atoms with Crippen molar-refractivity contribution in [1.29, 1.82) is 0 Å². The number of hydrogen-bond donors (Lipinski definition) is 1. The Kier molecular flexibility index (Phi) is 4.58. The Bertz CT molecular complexity index is 949. The molecule has 1 aromatic carbocycles. The zero-order valence-electron chi connectivity index (χ0n) is 13.1. The van der Waals surface area contributed by atoms with Gasteiger partial charge in [-0.25, -0.2) is 9.97 Å². The highest BCUT2D eigenvalue weighted by molar-refractivity contribution is 7.98. The van der Waals surface area contributed by atoms with Crippen molar-refractivity contribution in [3.8, 4) is 5.75 Å². The van der Waals surface area contributed by atoms with Gasteiger partial charge in [0.15, 0.2) is 5.82 Å². The molecule has 4 rings (SSSR count). The fourth-order valence-electron chi connectivity index (χ4n) is 2.28. The smallest absolute Gasteiger partial charge is 0.208 e. The molecule has 0 amide bonds. The first kappa shape index (κ1) is 16.0. The Labute approximate surface area is 153 Å². The van der Waals surface area contributed by atoms with Crippen molar-refractivity contribution >= 4 is 29.0 Å². The Balaban J connectivity index is 1.33. The quantitative estimate of drug-likeness (QED) is 0.519. The van der Waals surface area contributed by atoms with Gasteiger partial charge in [-0.05, 0) is 36.4 Å². The molecule has 0 saturated carbocycles. The van der Waals surface area contributed by atoms with Gasteiger partial charge in [0, 0.05) is 23.2 Å². The number of halogens is 1. The van der Waals surface area contributed by atoms with E-state index in [0.717, 1.165) is 17.1 Å². The molecule has 0 atom stereocenters. The van der Waals surface area contributed by atoms with E-state index in [1.54, 1.807) is 12.1 Å². The van der Waals surface area contributed by atoms with Gasteiger partial charge in [0.1, 0.15) is 18.0 Å². The molecule has 4 aromatic rings. The summed E-state index contributed by atoms with van der Waals surface area (Å²) in [6, 6.07) is 13.1. The molecule has 0 saturated heterocycles. The molecular weight excluding hydrogens is 358 g/mol. The highest BCUT2D eigenvalue weighted by Gasteiger charge is 2.07. The first-order chi connectivity index (χ1) is 12.3. The Morgan fingerprint density at radius 1 is 1.12 bits per heavy atom. The van der Waals surface area contributed by atoms with Crippen molar-refractivity contribution in [3.63, 3.8) is 0 Å². The maximum Gasteiger partial charge on any atom is 0.208 e. The van der Waals surface area contributed by atoms with E-state index in [0.29, 0.717) is 28.4 Å². The van der Waals surface area contributed by atoms with Crippen LogP contribution >= 0.6 is 23.4 Å². The summed E-state index contributed by atoms with van der Waals surface area (Å²) in [4.78, 5) is 8.98. The number of nitrogens with one attached hydrogen (secondary N) is 1. The molecule has 0 bridgehead atoms. The van der Waals surface area contributed by atoms with Crippen molar-refractivity contribution in [2.75, 3.05) is 0 Å². The van der Waals surface area contributed by atoms with Crippen LogP contribution in [0.5, 0.6) is 5.75 Å². The van der Waals surface area contributed by atoms with Gasteiger partial charge in [0.05, 0.1) is 5.69 Å². The second-order valence-electron chi connectivity index (χ2n) is 5.29. The molecule has 0 aliphatic rings. The van der Waals surface area contributed by atoms with Crippen LogP contribution in [0, 0.1) is 0 Å². The van der Waals surface area contributed by atoms with Crippen LogP contribution in [0.4, 0.5) is 0 Å². The van der Waals surface area contributed by atoms with E-state index in [1.807, 2.05) is 47.1 Å². The number of nitrogens with zero attached hydrogens (tertiary/aromatic N) is 4. The lowest BCUT2D eigenvalue weighted by Crippen LogP contribution is -1.97. The highest BCUT2D eigenvalue weighted by atomic mass is 35.5. The molecule has 3 heterocycles. The van der Waals surface area contributed by atoms with E-state index in [1.165, 1.54) is 11.8 Å². The third-order valence-corrected chi connectivity index (χ3v) is 4.60. The van der Waals surface area contributed by atoms with Crippen molar-refractivity contribution in [2.45, 2.75) is 17.5 Å². The molecule has 6 nitrogen and oxygen atoms in total. The normalized spacial score (nSPS) is 11.1. The second kappa shape index (κ2) is 7.16. The number of imidazole rings is 1. The lowest BCUT2D eigenvalue weighted by atomic mass is 10.3. The average molecular weight is 372 g/mol. The summed E-state index contributed by atoms with van der Waals surface area (Å²) in [6.07, 6.45) is 4.00. The number of rotatable bonds is 6. The summed E-state index contributed by atoms with van der Waals surface area (Å²) in [5.41, 5.74) is 1.92. The predicted octanol–water partition coefficient (Wildman–Crippen LogP) is 3.98. The van der Waals surface area contributed by atoms with Gasteiger partial charge < -0.3 is 9.14 Å². The monoisotopic (exact) mass is 371 g/mol. The molecule has 3 aromatic heterocycles. The number of H-pyrrole nitrogens is 1. The van der Waals surface area contributed by atoms with E-state index < -0.39 is 0 Å². The maximum atomic E-state index is 5.85. The summed E-state index contributed by atoms with van der Waals surface area (Å²) in [6.45, 7) is 0.323. The number of hydrogen-bond acceptors (Lipinski definition) is 5. The molecule has 0 fully saturated rings. The minimum Gasteiger partial charge on any atom is -0.486 e. The van der Waals surface area contributed by atoms with E-state index >= 15 is 0 Å². The Morgan fingerprint density at radius 2 is 2.00 bits per heavy atom. The van der Waals surface area contributed by atoms with Gasteiger partial charge in [-0.15, -0.1) is 5.10 Å². The van der Waals surface area contributed by atoms with E-state index in [2.05, 4.69) is 20.2 Å². The average Bonchev–Trinajstić information content (AvgIpc) is 3.25. The number of thioether (sulfide) groups is 1. The Hall–Kier alpha value is -2.51. The highest BCUT2D eigenvalue weighted by Crippen LogP contribution is 2.20. The SMILES string of the molecule is Clc1ccc(OCc2nc(SCc3cn4ccccc4n3)n[nH]2)cc1. The minimum atomic E-state index is 0.323. The van der Waals surface area contributed by atoms with E-state index in [9.17, 15) is 0 Å². The molecule has 126 valence electrons. The third kappa shape index (κ3) is 3.94. The summed E-state index contributed by atoms with van der Waals surface area (Å²) < 4.78 is 7.64. The summed E-state index contributed by atoms with van der Waals surface area (Å²) >= 11 is 7.38. The standard InChI is InChI=1S/C17H14ClN5OS/c18-12-4-6-14(7-5-12)24-10-15-20-17(22-21-15)25-11-13-9-23-8-2-1-3-16(23)19-13/h1-9H,10-11H2,(H,20,21,22). The van der Waals surface area contributed by atoms with Gasteiger partial charge >= 0.3 is 0 Å². The number of aromatic nitrogens is 5. The molecular formula is C17H14ClN5OS.